The van der Waals surface area contributed by atoms with Gasteiger partial charge < -0.3 is 9.64 Å². The summed E-state index contributed by atoms with van der Waals surface area (Å²) in [5.41, 5.74) is 0.939. The molecule has 2 heterocycles. The molecule has 0 radical (unpaired) electrons. The lowest BCUT2D eigenvalue weighted by Crippen LogP contribution is -2.41. The van der Waals surface area contributed by atoms with Gasteiger partial charge in [-0.2, -0.15) is 10.4 Å². The molecule has 1 aliphatic rings. The number of nitrogens with zero attached hydrogens (tertiary/aromatic N) is 4. The molecule has 23 heavy (non-hydrogen) atoms. The fourth-order valence-electron chi connectivity index (χ4n) is 2.85. The number of rotatable bonds is 6. The summed E-state index contributed by atoms with van der Waals surface area (Å²) in [6.07, 6.45) is 3.51. The third-order valence-corrected chi connectivity index (χ3v) is 4.28. The van der Waals surface area contributed by atoms with E-state index in [1.165, 1.54) is 0 Å². The molecule has 0 saturated carbocycles. The minimum Gasteiger partial charge on any atom is -0.385 e. The first-order chi connectivity index (χ1) is 11.1. The van der Waals surface area contributed by atoms with Crippen molar-refractivity contribution in [2.75, 3.05) is 32.1 Å². The van der Waals surface area contributed by atoms with Crippen LogP contribution >= 0.6 is 0 Å². The second-order valence-electron chi connectivity index (χ2n) is 5.94. The molecule has 0 aliphatic carbocycles. The van der Waals surface area contributed by atoms with Gasteiger partial charge in [-0.3, -0.25) is 10.00 Å². The maximum Gasteiger partial charge on any atom is 0.323 e. The number of ether oxygens (including phenoxy) is 1. The van der Waals surface area contributed by atoms with Gasteiger partial charge in [0, 0.05) is 38.6 Å². The van der Waals surface area contributed by atoms with Crippen molar-refractivity contribution in [2.24, 2.45) is 5.92 Å². The molecule has 1 aliphatic heterocycles. The largest absolute Gasteiger partial charge is 0.385 e. The zero-order chi connectivity index (χ0) is 16.7. The number of nitrogens with one attached hydrogen (secondary N) is 1. The zero-order valence-electron chi connectivity index (χ0n) is 13.9. The van der Waals surface area contributed by atoms with Gasteiger partial charge in [0.2, 0.25) is 0 Å². The summed E-state index contributed by atoms with van der Waals surface area (Å²) < 4.78 is 6.86. The smallest absolute Gasteiger partial charge is 0.323 e. The summed E-state index contributed by atoms with van der Waals surface area (Å²) in [5, 5.41) is 15.8. The number of likely N-dealkylation sites (tertiary alicyclic amines) is 1. The van der Waals surface area contributed by atoms with Gasteiger partial charge >= 0.3 is 6.03 Å². The van der Waals surface area contributed by atoms with Crippen LogP contribution in [0.2, 0.25) is 0 Å². The average Bonchev–Trinajstić information content (AvgIpc) is 2.90. The highest BCUT2D eigenvalue weighted by Gasteiger charge is 2.23. The standard InChI is InChI=1S/C16H25N5O2/c1-13-12-15(19-21(13)8-3-7-17)18-16(22)20-9-4-14(5-10-20)6-11-23-2/h12,14H,3-6,8-11H2,1-2H3,(H,18,19,22). The molecule has 0 bridgehead atoms. The molecule has 1 fully saturated rings. The summed E-state index contributed by atoms with van der Waals surface area (Å²) >= 11 is 0. The molecule has 1 aromatic rings. The molecule has 7 nitrogen and oxygen atoms in total. The molecule has 1 aromatic heterocycles. The van der Waals surface area contributed by atoms with Crippen molar-refractivity contribution >= 4 is 11.8 Å². The van der Waals surface area contributed by atoms with Crippen LogP contribution in [-0.2, 0) is 11.3 Å². The van der Waals surface area contributed by atoms with Gasteiger partial charge in [-0.25, -0.2) is 4.79 Å². The van der Waals surface area contributed by atoms with Gasteiger partial charge in [0.1, 0.15) is 0 Å². The summed E-state index contributed by atoms with van der Waals surface area (Å²) in [7, 11) is 1.72. The summed E-state index contributed by atoms with van der Waals surface area (Å²) in [6.45, 7) is 4.80. The third kappa shape index (κ3) is 4.96. The Balaban J connectivity index is 1.82. The Hall–Kier alpha value is -2.07. The number of carbonyl (C=O) groups excluding carboxylic acids is 1. The summed E-state index contributed by atoms with van der Waals surface area (Å²) in [4.78, 5) is 14.2. The van der Waals surface area contributed by atoms with E-state index >= 15 is 0 Å². The Morgan fingerprint density at radius 2 is 2.26 bits per heavy atom. The molecule has 126 valence electrons. The Kier molecular flexibility index (Phi) is 6.41. The second-order valence-corrected chi connectivity index (χ2v) is 5.94. The van der Waals surface area contributed by atoms with E-state index in [-0.39, 0.29) is 6.03 Å². The van der Waals surface area contributed by atoms with Crippen LogP contribution in [0.25, 0.3) is 0 Å². The molecule has 2 rings (SSSR count). The molecule has 7 heteroatoms. The minimum atomic E-state index is -0.0971. The maximum atomic E-state index is 12.3. The highest BCUT2D eigenvalue weighted by atomic mass is 16.5. The highest BCUT2D eigenvalue weighted by Crippen LogP contribution is 2.21. The van der Waals surface area contributed by atoms with E-state index in [4.69, 9.17) is 10.00 Å². The lowest BCUT2D eigenvalue weighted by atomic mass is 9.94. The van der Waals surface area contributed by atoms with Crippen molar-refractivity contribution in [3.05, 3.63) is 11.8 Å². The number of nitriles is 1. The topological polar surface area (TPSA) is 83.2 Å². The number of hydrogen-bond acceptors (Lipinski definition) is 4. The third-order valence-electron chi connectivity index (χ3n) is 4.28. The average molecular weight is 319 g/mol. The zero-order valence-corrected chi connectivity index (χ0v) is 13.9. The van der Waals surface area contributed by atoms with Crippen LogP contribution < -0.4 is 5.32 Å². The van der Waals surface area contributed by atoms with E-state index < -0.39 is 0 Å². The van der Waals surface area contributed by atoms with E-state index in [0.29, 0.717) is 24.7 Å². The van der Waals surface area contributed by atoms with Gasteiger partial charge in [-0.15, -0.1) is 0 Å². The van der Waals surface area contributed by atoms with Crippen molar-refractivity contribution in [2.45, 2.75) is 39.2 Å². The minimum absolute atomic E-state index is 0.0971. The van der Waals surface area contributed by atoms with Gasteiger partial charge in [0.15, 0.2) is 5.82 Å². The van der Waals surface area contributed by atoms with Crippen LogP contribution in [0.4, 0.5) is 10.6 Å². The predicted molar refractivity (Wildman–Crippen MR) is 87.0 cm³/mol. The van der Waals surface area contributed by atoms with Crippen LogP contribution in [0.15, 0.2) is 6.07 Å². The molecular weight excluding hydrogens is 294 g/mol. The van der Waals surface area contributed by atoms with Crippen molar-refractivity contribution in [3.63, 3.8) is 0 Å². The lowest BCUT2D eigenvalue weighted by Gasteiger charge is -2.31. The highest BCUT2D eigenvalue weighted by molar-refractivity contribution is 5.88. The number of anilines is 1. The first kappa shape index (κ1) is 17.3. The fraction of sp³-hybridized carbons (Fsp3) is 0.688. The van der Waals surface area contributed by atoms with Crippen LogP contribution in [0.5, 0.6) is 0 Å². The summed E-state index contributed by atoms with van der Waals surface area (Å²) in [5.74, 6) is 1.19. The molecule has 0 aromatic carbocycles. The van der Waals surface area contributed by atoms with Crippen LogP contribution in [0.3, 0.4) is 0 Å². The number of piperidine rings is 1. The molecule has 0 unspecified atom stereocenters. The van der Waals surface area contributed by atoms with Crippen molar-refractivity contribution < 1.29 is 9.53 Å². The lowest BCUT2D eigenvalue weighted by molar-refractivity contribution is 0.144. The van der Waals surface area contributed by atoms with Crippen LogP contribution in [-0.4, -0.2) is 47.5 Å². The van der Waals surface area contributed by atoms with Crippen molar-refractivity contribution in [1.82, 2.24) is 14.7 Å². The molecule has 1 saturated heterocycles. The maximum absolute atomic E-state index is 12.3. The first-order valence-electron chi connectivity index (χ1n) is 8.10. The normalized spacial score (nSPS) is 15.4. The first-order valence-corrected chi connectivity index (χ1v) is 8.10. The van der Waals surface area contributed by atoms with Gasteiger partial charge in [0.25, 0.3) is 0 Å². The quantitative estimate of drug-likeness (QED) is 0.872. The van der Waals surface area contributed by atoms with Crippen LogP contribution in [0, 0.1) is 24.2 Å². The molecule has 0 atom stereocenters. The molecular formula is C16H25N5O2. The SMILES string of the molecule is COCCC1CCN(C(=O)Nc2cc(C)n(CCC#N)n2)CC1. The van der Waals surface area contributed by atoms with Crippen molar-refractivity contribution in [3.8, 4) is 6.07 Å². The van der Waals surface area contributed by atoms with E-state index in [2.05, 4.69) is 16.5 Å². The van der Waals surface area contributed by atoms with E-state index in [1.807, 2.05) is 17.9 Å². The van der Waals surface area contributed by atoms with E-state index in [1.54, 1.807) is 11.8 Å². The number of urea groups is 1. The van der Waals surface area contributed by atoms with Crippen LogP contribution in [0.1, 0.15) is 31.4 Å². The number of carbonyl (C=O) groups is 1. The molecule has 0 spiro atoms. The number of hydrogen-bond donors (Lipinski definition) is 1. The van der Waals surface area contributed by atoms with Gasteiger partial charge in [-0.05, 0) is 32.1 Å². The molecule has 2 amide bonds. The number of methoxy groups -OCH3 is 1. The molecule has 1 N–H and O–H groups in total. The summed E-state index contributed by atoms with van der Waals surface area (Å²) in [6, 6.07) is 3.84. The fourth-order valence-corrected chi connectivity index (χ4v) is 2.85. The monoisotopic (exact) mass is 319 g/mol. The van der Waals surface area contributed by atoms with Gasteiger partial charge in [0.05, 0.1) is 19.0 Å². The Bertz CT molecular complexity index is 555. The Morgan fingerprint density at radius 3 is 2.91 bits per heavy atom. The van der Waals surface area contributed by atoms with Crippen molar-refractivity contribution in [1.29, 1.82) is 5.26 Å². The number of aryl methyl sites for hydroxylation is 2. The number of aromatic nitrogens is 2. The van der Waals surface area contributed by atoms with E-state index in [0.717, 1.165) is 44.7 Å². The Morgan fingerprint density at radius 1 is 1.52 bits per heavy atom. The number of amides is 2. The van der Waals surface area contributed by atoms with Gasteiger partial charge in [-0.1, -0.05) is 0 Å². The predicted octanol–water partition coefficient (Wildman–Crippen LogP) is 2.39. The van der Waals surface area contributed by atoms with E-state index in [9.17, 15) is 4.79 Å². The second kappa shape index (κ2) is 8.53. The Labute approximate surface area is 137 Å².